The molecule has 0 spiro atoms. The normalized spacial score (nSPS) is 15.9. The largest absolute Gasteiger partial charge is 0.370 e. The lowest BCUT2D eigenvalue weighted by atomic mass is 10.0. The van der Waals surface area contributed by atoms with Crippen molar-refractivity contribution in [2.45, 2.75) is 66.3 Å². The van der Waals surface area contributed by atoms with E-state index in [1.807, 2.05) is 26.8 Å². The lowest BCUT2D eigenvalue weighted by Gasteiger charge is -2.34. The van der Waals surface area contributed by atoms with Crippen molar-refractivity contribution in [1.82, 2.24) is 24.7 Å². The third-order valence-corrected chi connectivity index (χ3v) is 8.66. The minimum absolute atomic E-state index is 0.326. The molecule has 8 nitrogen and oxygen atoms in total. The van der Waals surface area contributed by atoms with Crippen molar-refractivity contribution in [1.29, 1.82) is 0 Å². The van der Waals surface area contributed by atoms with Crippen LogP contribution in [0.3, 0.4) is 0 Å². The van der Waals surface area contributed by atoms with Crippen LogP contribution in [0.4, 0.5) is 11.5 Å². The number of hydrogen-bond acceptors (Lipinski definition) is 8. The molecule has 2 aliphatic rings. The molecule has 252 valence electrons. The second-order valence-corrected chi connectivity index (χ2v) is 12.1. The molecule has 0 radical (unpaired) electrons. The van der Waals surface area contributed by atoms with Crippen molar-refractivity contribution in [3.8, 4) is 11.4 Å². The van der Waals surface area contributed by atoms with E-state index >= 15 is 0 Å². The molecule has 0 unspecified atom stereocenters. The smallest absolute Gasteiger partial charge is 0.161 e. The van der Waals surface area contributed by atoms with Gasteiger partial charge in [-0.1, -0.05) is 58.6 Å². The monoisotopic (exact) mass is 629 g/mol. The maximum Gasteiger partial charge on any atom is 0.161 e. The van der Waals surface area contributed by atoms with Gasteiger partial charge in [-0.05, 0) is 63.3 Å². The molecular formula is C38H59N7O. The number of ketones is 1. The topological polar surface area (TPSA) is 67.8 Å². The number of nitrogens with zero attached hydrogens (tertiary/aromatic N) is 6. The SMILES string of the molecule is C=C/C(=C\C=C/CC)CN1CCc2nc(-c3ccc(N4CCN(C)CC4)cc3)nc(NCCCN(C)CCC(=O)CC)c2C1.CC. The van der Waals surface area contributed by atoms with Gasteiger partial charge < -0.3 is 20.0 Å². The molecule has 2 aromatic rings. The first-order valence-corrected chi connectivity index (χ1v) is 17.5. The summed E-state index contributed by atoms with van der Waals surface area (Å²) in [5.74, 6) is 2.06. The third kappa shape index (κ3) is 11.5. The molecule has 1 aromatic heterocycles. The highest BCUT2D eigenvalue weighted by atomic mass is 16.1. The molecule has 1 N–H and O–H groups in total. The highest BCUT2D eigenvalue weighted by Crippen LogP contribution is 2.29. The third-order valence-electron chi connectivity index (χ3n) is 8.66. The van der Waals surface area contributed by atoms with Gasteiger partial charge in [0.2, 0.25) is 0 Å². The average molecular weight is 630 g/mol. The van der Waals surface area contributed by atoms with Gasteiger partial charge in [0.25, 0.3) is 0 Å². The fourth-order valence-corrected chi connectivity index (χ4v) is 5.70. The molecule has 46 heavy (non-hydrogen) atoms. The zero-order valence-corrected chi connectivity index (χ0v) is 29.5. The molecule has 4 rings (SSSR count). The predicted molar refractivity (Wildman–Crippen MR) is 196 cm³/mol. The quantitative estimate of drug-likeness (QED) is 0.168. The highest BCUT2D eigenvalue weighted by Gasteiger charge is 2.23. The van der Waals surface area contributed by atoms with Crippen molar-refractivity contribution < 1.29 is 4.79 Å². The summed E-state index contributed by atoms with van der Waals surface area (Å²) in [7, 11) is 4.28. The van der Waals surface area contributed by atoms with Gasteiger partial charge in [0.1, 0.15) is 11.6 Å². The van der Waals surface area contributed by atoms with Gasteiger partial charge in [0.15, 0.2) is 5.82 Å². The van der Waals surface area contributed by atoms with Crippen LogP contribution in [0, 0.1) is 0 Å². The lowest BCUT2D eigenvalue weighted by Crippen LogP contribution is -2.44. The Bertz CT molecular complexity index is 1280. The summed E-state index contributed by atoms with van der Waals surface area (Å²) < 4.78 is 0. The van der Waals surface area contributed by atoms with Crippen molar-refractivity contribution >= 4 is 17.3 Å². The Hall–Kier alpha value is -3.33. The Morgan fingerprint density at radius 3 is 2.46 bits per heavy atom. The Labute approximate surface area is 279 Å². The van der Waals surface area contributed by atoms with Gasteiger partial charge in [-0.25, -0.2) is 9.97 Å². The van der Waals surface area contributed by atoms with Gasteiger partial charge in [-0.2, -0.15) is 0 Å². The summed E-state index contributed by atoms with van der Waals surface area (Å²) >= 11 is 0. The Kier molecular flexibility index (Phi) is 16.2. The molecule has 0 bridgehead atoms. The lowest BCUT2D eigenvalue weighted by molar-refractivity contribution is -0.119. The van der Waals surface area contributed by atoms with E-state index in [-0.39, 0.29) is 0 Å². The van der Waals surface area contributed by atoms with Crippen LogP contribution in [0.25, 0.3) is 11.4 Å². The van der Waals surface area contributed by atoms with Crippen LogP contribution in [-0.2, 0) is 17.8 Å². The molecule has 1 aromatic carbocycles. The Balaban J connectivity index is 0.00000282. The number of allylic oxidation sites excluding steroid dienone is 3. The standard InChI is InChI=1S/C36H53N7O.C2H6/c1-6-9-10-12-29(7-2)27-42-22-18-34-33(28-42)36(37-19-11-20-40(4)21-17-32(44)8-3)39-35(38-34)30-13-15-31(16-14-30)43-25-23-41(5)24-26-43;1-2/h7,9-10,12-16H,2,6,8,11,17-28H2,1,3-5H3,(H,37,38,39);1-2H3/b10-9-,29-12+;. The molecule has 2 aliphatic heterocycles. The van der Waals surface area contributed by atoms with Gasteiger partial charge in [0, 0.05) is 95.0 Å². The maximum absolute atomic E-state index is 11.7. The number of nitrogens with one attached hydrogen (secondary N) is 1. The first-order chi connectivity index (χ1) is 22.4. The molecule has 1 fully saturated rings. The summed E-state index contributed by atoms with van der Waals surface area (Å²) in [5, 5.41) is 3.68. The van der Waals surface area contributed by atoms with Crippen LogP contribution in [0.2, 0.25) is 0 Å². The number of piperazine rings is 1. The molecule has 0 aliphatic carbocycles. The molecule has 8 heteroatoms. The fraction of sp³-hybridized carbons (Fsp3) is 0.553. The van der Waals surface area contributed by atoms with Crippen molar-refractivity contribution in [3.05, 3.63) is 72.0 Å². The summed E-state index contributed by atoms with van der Waals surface area (Å²) in [4.78, 5) is 31.5. The van der Waals surface area contributed by atoms with Gasteiger partial charge in [-0.15, -0.1) is 0 Å². The Morgan fingerprint density at radius 1 is 1.04 bits per heavy atom. The fourth-order valence-electron chi connectivity index (χ4n) is 5.70. The Morgan fingerprint density at radius 2 is 1.78 bits per heavy atom. The molecule has 1 saturated heterocycles. The first kappa shape index (κ1) is 37.1. The van der Waals surface area contributed by atoms with E-state index in [0.717, 1.165) is 108 Å². The van der Waals surface area contributed by atoms with E-state index in [4.69, 9.17) is 9.97 Å². The van der Waals surface area contributed by atoms with Gasteiger partial charge in [0.05, 0.1) is 5.69 Å². The van der Waals surface area contributed by atoms with Gasteiger partial charge in [-0.3, -0.25) is 9.69 Å². The number of likely N-dealkylation sites (N-methyl/N-ethyl adjacent to an activating group) is 1. The number of carbonyl (C=O) groups is 1. The van der Waals surface area contributed by atoms with E-state index in [1.165, 1.54) is 16.8 Å². The maximum atomic E-state index is 11.7. The zero-order valence-electron chi connectivity index (χ0n) is 29.5. The molecule has 0 atom stereocenters. The number of hydrogen-bond donors (Lipinski definition) is 1. The number of anilines is 2. The minimum Gasteiger partial charge on any atom is -0.370 e. The molecular weight excluding hydrogens is 570 g/mol. The highest BCUT2D eigenvalue weighted by molar-refractivity contribution is 5.78. The summed E-state index contributed by atoms with van der Waals surface area (Å²) in [6.45, 7) is 21.6. The van der Waals surface area contributed by atoms with Crippen LogP contribution in [0.15, 0.2) is 60.7 Å². The number of rotatable bonds is 16. The van der Waals surface area contributed by atoms with E-state index in [1.54, 1.807) is 0 Å². The minimum atomic E-state index is 0.326. The summed E-state index contributed by atoms with van der Waals surface area (Å²) in [5.41, 5.74) is 5.87. The van der Waals surface area contributed by atoms with Gasteiger partial charge >= 0.3 is 0 Å². The first-order valence-electron chi connectivity index (χ1n) is 17.5. The predicted octanol–water partition coefficient (Wildman–Crippen LogP) is 6.46. The number of benzene rings is 1. The number of Topliss-reactive ketones (excluding diaryl/α,β-unsaturated/α-hetero) is 1. The summed E-state index contributed by atoms with van der Waals surface area (Å²) in [6.07, 6.45) is 12.6. The molecule has 3 heterocycles. The molecule has 0 saturated carbocycles. The number of aromatic nitrogens is 2. The summed E-state index contributed by atoms with van der Waals surface area (Å²) in [6, 6.07) is 8.78. The van der Waals surface area contributed by atoms with Crippen molar-refractivity contribution in [2.75, 3.05) is 83.2 Å². The van der Waals surface area contributed by atoms with Crippen LogP contribution in [0.1, 0.15) is 64.6 Å². The van der Waals surface area contributed by atoms with E-state index in [2.05, 4.69) is 95.0 Å². The zero-order chi connectivity index (χ0) is 33.3. The van der Waals surface area contributed by atoms with Crippen LogP contribution in [0.5, 0.6) is 0 Å². The van der Waals surface area contributed by atoms with E-state index in [9.17, 15) is 4.79 Å². The number of fused-ring (bicyclic) bond motifs is 1. The van der Waals surface area contributed by atoms with Crippen LogP contribution in [-0.4, -0.2) is 103 Å². The average Bonchev–Trinajstić information content (AvgIpc) is 3.09. The van der Waals surface area contributed by atoms with Crippen molar-refractivity contribution in [3.63, 3.8) is 0 Å². The second-order valence-electron chi connectivity index (χ2n) is 12.1. The van der Waals surface area contributed by atoms with Crippen LogP contribution >= 0.6 is 0 Å². The van der Waals surface area contributed by atoms with Crippen molar-refractivity contribution in [2.24, 2.45) is 0 Å². The number of carbonyl (C=O) groups excluding carboxylic acids is 1. The van der Waals surface area contributed by atoms with E-state index < -0.39 is 0 Å². The van der Waals surface area contributed by atoms with E-state index in [0.29, 0.717) is 18.6 Å². The molecule has 0 amide bonds. The second kappa shape index (κ2) is 20.0. The van der Waals surface area contributed by atoms with Crippen LogP contribution < -0.4 is 10.2 Å².